The van der Waals surface area contributed by atoms with E-state index in [0.29, 0.717) is 13.1 Å². The van der Waals surface area contributed by atoms with E-state index in [1.165, 1.54) is 6.42 Å². The number of nitrogens with zero attached hydrogens (tertiary/aromatic N) is 1. The number of rotatable bonds is 7. The van der Waals surface area contributed by atoms with Crippen LogP contribution in [0.25, 0.3) is 0 Å². The summed E-state index contributed by atoms with van der Waals surface area (Å²) in [5.41, 5.74) is 0.980. The number of quaternary nitrogens is 1. The largest absolute Gasteiger partial charge is 0.351 e. The molecule has 0 saturated carbocycles. The van der Waals surface area contributed by atoms with Crippen LogP contribution in [0.5, 0.6) is 0 Å². The topological polar surface area (TPSA) is 53.9 Å². The minimum atomic E-state index is -0.323. The highest BCUT2D eigenvalue weighted by Crippen LogP contribution is 2.16. The van der Waals surface area contributed by atoms with Crippen LogP contribution in [0.1, 0.15) is 44.2 Å². The number of hydrogen-bond acceptors (Lipinski definition) is 2. The molecule has 1 aliphatic rings. The van der Waals surface area contributed by atoms with Crippen molar-refractivity contribution >= 4 is 11.8 Å². The zero-order valence-electron chi connectivity index (χ0n) is 14.9. The number of carbonyl (C=O) groups excluding carboxylic acids is 2. The Balaban J connectivity index is 2.13. The number of amides is 2. The van der Waals surface area contributed by atoms with Crippen LogP contribution in [0, 0.1) is 0 Å². The van der Waals surface area contributed by atoms with Crippen molar-refractivity contribution in [2.24, 2.45) is 0 Å². The van der Waals surface area contributed by atoms with Crippen LogP contribution >= 0.6 is 0 Å². The Bertz CT molecular complexity index is 527. The summed E-state index contributed by atoms with van der Waals surface area (Å²) in [6.07, 6.45) is 4.26. The molecule has 2 rings (SSSR count). The van der Waals surface area contributed by atoms with Crippen molar-refractivity contribution in [3.8, 4) is 0 Å². The van der Waals surface area contributed by atoms with E-state index in [1.54, 1.807) is 0 Å². The second kappa shape index (κ2) is 9.42. The Kier molecular flexibility index (Phi) is 7.25. The molecule has 1 aromatic carbocycles. The summed E-state index contributed by atoms with van der Waals surface area (Å²) in [5, 5.41) is 2.90. The lowest BCUT2D eigenvalue weighted by Crippen LogP contribution is -3.11. The van der Waals surface area contributed by atoms with Crippen LogP contribution in [0.15, 0.2) is 30.3 Å². The van der Waals surface area contributed by atoms with Gasteiger partial charge in [0.2, 0.25) is 0 Å². The lowest BCUT2D eigenvalue weighted by Gasteiger charge is -2.32. The molecule has 2 N–H and O–H groups in total. The molecule has 24 heavy (non-hydrogen) atoms. The van der Waals surface area contributed by atoms with E-state index in [2.05, 4.69) is 5.32 Å². The average Bonchev–Trinajstić information content (AvgIpc) is 2.61. The van der Waals surface area contributed by atoms with Gasteiger partial charge in [-0.15, -0.1) is 0 Å². The fraction of sp³-hybridized carbons (Fsp3) is 0.579. The molecular formula is C19H30N3O2+. The molecule has 1 aromatic rings. The van der Waals surface area contributed by atoms with Gasteiger partial charge in [-0.25, -0.2) is 0 Å². The molecular weight excluding hydrogens is 302 g/mol. The standard InChI is InChI=1S/C19H29N3O2/c1-3-12-20-17(23)15-21(2)18(16-10-6-4-7-11-16)19(24)22-13-8-5-9-14-22/h4,6-7,10-11,18H,3,5,8-9,12-15H2,1-2H3,(H,20,23)/p+1/t18-/m1/s1. The number of nitrogens with one attached hydrogen (secondary N) is 2. The van der Waals surface area contributed by atoms with Crippen molar-refractivity contribution in [1.82, 2.24) is 10.2 Å². The summed E-state index contributed by atoms with van der Waals surface area (Å²) < 4.78 is 0. The molecule has 5 heteroatoms. The second-order valence-corrected chi connectivity index (χ2v) is 6.60. The molecule has 132 valence electrons. The lowest BCUT2D eigenvalue weighted by molar-refractivity contribution is -0.894. The Hall–Kier alpha value is -1.88. The summed E-state index contributed by atoms with van der Waals surface area (Å²) in [5.74, 6) is 0.142. The molecule has 1 unspecified atom stereocenters. The highest BCUT2D eigenvalue weighted by Gasteiger charge is 2.34. The van der Waals surface area contributed by atoms with Gasteiger partial charge in [0.1, 0.15) is 0 Å². The minimum Gasteiger partial charge on any atom is -0.351 e. The molecule has 1 saturated heterocycles. The Morgan fingerprint density at radius 2 is 1.83 bits per heavy atom. The van der Waals surface area contributed by atoms with Crippen LogP contribution in [-0.4, -0.2) is 49.9 Å². The van der Waals surface area contributed by atoms with Gasteiger partial charge in [-0.1, -0.05) is 37.3 Å². The van der Waals surface area contributed by atoms with Crippen LogP contribution in [0.2, 0.25) is 0 Å². The molecule has 2 amide bonds. The number of hydrogen-bond donors (Lipinski definition) is 2. The first-order chi connectivity index (χ1) is 11.6. The molecule has 1 aliphatic heterocycles. The smallest absolute Gasteiger partial charge is 0.285 e. The third-order valence-electron chi connectivity index (χ3n) is 4.55. The molecule has 2 atom stereocenters. The summed E-state index contributed by atoms with van der Waals surface area (Å²) in [6.45, 7) is 4.68. The third-order valence-corrected chi connectivity index (χ3v) is 4.55. The van der Waals surface area contributed by atoms with Gasteiger partial charge in [-0.2, -0.15) is 0 Å². The van der Waals surface area contributed by atoms with Crippen LogP contribution < -0.4 is 10.2 Å². The van der Waals surface area contributed by atoms with E-state index in [4.69, 9.17) is 0 Å². The quantitative estimate of drug-likeness (QED) is 0.775. The predicted octanol–water partition coefficient (Wildman–Crippen LogP) is 0.781. The molecule has 1 fully saturated rings. The van der Waals surface area contributed by atoms with Gasteiger partial charge in [0, 0.05) is 25.2 Å². The summed E-state index contributed by atoms with van der Waals surface area (Å²) in [4.78, 5) is 28.1. The number of likely N-dealkylation sites (N-methyl/N-ethyl adjacent to an activating group) is 1. The van der Waals surface area contributed by atoms with Crippen molar-refractivity contribution < 1.29 is 14.5 Å². The summed E-state index contributed by atoms with van der Waals surface area (Å²) >= 11 is 0. The van der Waals surface area contributed by atoms with Crippen molar-refractivity contribution in [1.29, 1.82) is 0 Å². The molecule has 5 nitrogen and oxygen atoms in total. The molecule has 0 aromatic heterocycles. The number of benzene rings is 1. The van der Waals surface area contributed by atoms with E-state index in [9.17, 15) is 9.59 Å². The Labute approximate surface area is 145 Å². The van der Waals surface area contributed by atoms with Crippen LogP contribution in [0.3, 0.4) is 0 Å². The summed E-state index contributed by atoms with van der Waals surface area (Å²) in [6, 6.07) is 9.51. The average molecular weight is 332 g/mol. The van der Waals surface area contributed by atoms with Gasteiger partial charge in [-0.3, -0.25) is 9.59 Å². The van der Waals surface area contributed by atoms with Crippen LogP contribution in [-0.2, 0) is 9.59 Å². The van der Waals surface area contributed by atoms with Crippen molar-refractivity contribution in [2.45, 2.75) is 38.6 Å². The van der Waals surface area contributed by atoms with E-state index >= 15 is 0 Å². The van der Waals surface area contributed by atoms with Gasteiger partial charge in [0.15, 0.2) is 12.6 Å². The van der Waals surface area contributed by atoms with Gasteiger partial charge < -0.3 is 15.1 Å². The monoisotopic (exact) mass is 332 g/mol. The molecule has 1 heterocycles. The number of carbonyl (C=O) groups is 2. The maximum Gasteiger partial charge on any atom is 0.285 e. The van der Waals surface area contributed by atoms with E-state index in [-0.39, 0.29) is 17.9 Å². The molecule has 0 spiro atoms. The summed E-state index contributed by atoms with van der Waals surface area (Å²) in [7, 11) is 1.94. The van der Waals surface area contributed by atoms with Gasteiger partial charge in [-0.05, 0) is 25.7 Å². The van der Waals surface area contributed by atoms with Crippen molar-refractivity contribution in [2.75, 3.05) is 33.2 Å². The normalized spacial score (nSPS) is 17.2. The van der Waals surface area contributed by atoms with E-state index in [1.807, 2.05) is 49.2 Å². The fourth-order valence-corrected chi connectivity index (χ4v) is 3.26. The maximum atomic E-state index is 13.1. The highest BCUT2D eigenvalue weighted by atomic mass is 16.2. The first kappa shape index (κ1) is 18.5. The molecule has 0 bridgehead atoms. The Morgan fingerprint density at radius 3 is 2.46 bits per heavy atom. The molecule has 0 aliphatic carbocycles. The molecule has 0 radical (unpaired) electrons. The van der Waals surface area contributed by atoms with Gasteiger partial charge in [0.25, 0.3) is 11.8 Å². The zero-order valence-corrected chi connectivity index (χ0v) is 14.9. The van der Waals surface area contributed by atoms with Crippen LogP contribution in [0.4, 0.5) is 0 Å². The number of likely N-dealkylation sites (tertiary alicyclic amines) is 1. The third kappa shape index (κ3) is 5.06. The lowest BCUT2D eigenvalue weighted by atomic mass is 10.0. The SMILES string of the molecule is CCCNC(=O)C[NH+](C)[C@@H](C(=O)N1CCCCC1)c1ccccc1. The number of piperidine rings is 1. The minimum absolute atomic E-state index is 0.00160. The highest BCUT2D eigenvalue weighted by molar-refractivity contribution is 5.82. The Morgan fingerprint density at radius 1 is 1.17 bits per heavy atom. The predicted molar refractivity (Wildman–Crippen MR) is 94.7 cm³/mol. The van der Waals surface area contributed by atoms with Crippen molar-refractivity contribution in [3.63, 3.8) is 0 Å². The maximum absolute atomic E-state index is 13.1. The van der Waals surface area contributed by atoms with E-state index < -0.39 is 0 Å². The second-order valence-electron chi connectivity index (χ2n) is 6.60. The van der Waals surface area contributed by atoms with E-state index in [0.717, 1.165) is 42.8 Å². The first-order valence-corrected chi connectivity index (χ1v) is 9.06. The van der Waals surface area contributed by atoms with Gasteiger partial charge in [0.05, 0.1) is 7.05 Å². The van der Waals surface area contributed by atoms with Crippen molar-refractivity contribution in [3.05, 3.63) is 35.9 Å². The first-order valence-electron chi connectivity index (χ1n) is 9.06. The van der Waals surface area contributed by atoms with Gasteiger partial charge >= 0.3 is 0 Å². The fourth-order valence-electron chi connectivity index (χ4n) is 3.26. The zero-order chi connectivity index (χ0) is 17.4.